The van der Waals surface area contributed by atoms with E-state index in [0.29, 0.717) is 12.3 Å². The first-order valence-corrected chi connectivity index (χ1v) is 6.47. The summed E-state index contributed by atoms with van der Waals surface area (Å²) < 4.78 is 5.19. The summed E-state index contributed by atoms with van der Waals surface area (Å²) in [6.45, 7) is 3.33. The number of hydrogen-bond acceptors (Lipinski definition) is 4. The molecule has 0 radical (unpaired) electrons. The Morgan fingerprint density at radius 2 is 2.28 bits per heavy atom. The van der Waals surface area contributed by atoms with Crippen LogP contribution in [0.15, 0.2) is 28.0 Å². The number of carboxylic acid groups (broad SMARTS) is 1. The first-order valence-electron chi connectivity index (χ1n) is 5.60. The minimum atomic E-state index is -1.02. The van der Waals surface area contributed by atoms with Crippen molar-refractivity contribution in [1.29, 1.82) is 0 Å². The molecular weight excluding hydrogens is 250 g/mol. The number of carboxylic acids is 1. The zero-order valence-electron chi connectivity index (χ0n) is 10.3. The summed E-state index contributed by atoms with van der Waals surface area (Å²) in [7, 11) is 2.01. The van der Waals surface area contributed by atoms with Crippen molar-refractivity contribution in [3.63, 3.8) is 0 Å². The van der Waals surface area contributed by atoms with Crippen LogP contribution in [0, 0.1) is 6.92 Å². The molecule has 2 aromatic heterocycles. The molecular formula is C13H15NO3S. The molecule has 0 unspecified atom stereocenters. The van der Waals surface area contributed by atoms with E-state index in [-0.39, 0.29) is 5.76 Å². The lowest BCUT2D eigenvalue weighted by Crippen LogP contribution is -2.16. The monoisotopic (exact) mass is 265 g/mol. The Bertz CT molecular complexity index is 530. The van der Waals surface area contributed by atoms with Crippen LogP contribution in [0.1, 0.15) is 26.8 Å². The van der Waals surface area contributed by atoms with Gasteiger partial charge in [-0.15, -0.1) is 11.3 Å². The highest BCUT2D eigenvalue weighted by Crippen LogP contribution is 2.18. The Morgan fingerprint density at radius 3 is 2.83 bits per heavy atom. The number of aromatic carboxylic acids is 1. The van der Waals surface area contributed by atoms with Crippen LogP contribution in [0.2, 0.25) is 0 Å². The SMILES string of the molecule is Cc1oc(C(=O)O)cc1CN(C)Cc1cccs1. The third-order valence-corrected chi connectivity index (χ3v) is 3.54. The number of furan rings is 1. The molecule has 4 nitrogen and oxygen atoms in total. The third kappa shape index (κ3) is 3.00. The lowest BCUT2D eigenvalue weighted by molar-refractivity contribution is 0.0661. The Morgan fingerprint density at radius 1 is 1.50 bits per heavy atom. The van der Waals surface area contributed by atoms with E-state index in [1.165, 1.54) is 4.88 Å². The van der Waals surface area contributed by atoms with E-state index in [2.05, 4.69) is 16.3 Å². The number of thiophene rings is 1. The Hall–Kier alpha value is -1.59. The highest BCUT2D eigenvalue weighted by molar-refractivity contribution is 7.09. The van der Waals surface area contributed by atoms with Gasteiger partial charge in [0.15, 0.2) is 0 Å². The normalized spacial score (nSPS) is 11.1. The molecule has 0 aliphatic heterocycles. The summed E-state index contributed by atoms with van der Waals surface area (Å²) in [5.74, 6) is -0.345. The molecule has 0 aromatic carbocycles. The van der Waals surface area contributed by atoms with Gasteiger partial charge in [0.2, 0.25) is 5.76 Å². The van der Waals surface area contributed by atoms with Crippen LogP contribution in [0.25, 0.3) is 0 Å². The number of rotatable bonds is 5. The molecule has 0 aliphatic rings. The van der Waals surface area contributed by atoms with Crippen molar-refractivity contribution in [3.05, 3.63) is 45.5 Å². The number of aryl methyl sites for hydroxylation is 1. The highest BCUT2D eigenvalue weighted by Gasteiger charge is 2.14. The summed E-state index contributed by atoms with van der Waals surface area (Å²) in [4.78, 5) is 14.2. The average molecular weight is 265 g/mol. The van der Waals surface area contributed by atoms with Crippen molar-refractivity contribution in [3.8, 4) is 0 Å². The minimum Gasteiger partial charge on any atom is -0.475 e. The summed E-state index contributed by atoms with van der Waals surface area (Å²) >= 11 is 1.72. The van der Waals surface area contributed by atoms with Crippen molar-refractivity contribution < 1.29 is 14.3 Å². The van der Waals surface area contributed by atoms with Crippen LogP contribution in [0.3, 0.4) is 0 Å². The molecule has 0 saturated carbocycles. The first kappa shape index (κ1) is 12.9. The summed E-state index contributed by atoms with van der Waals surface area (Å²) in [5.41, 5.74) is 0.923. The van der Waals surface area contributed by atoms with Crippen LogP contribution >= 0.6 is 11.3 Å². The Balaban J connectivity index is 2.02. The molecule has 0 amide bonds. The molecule has 0 spiro atoms. The van der Waals surface area contributed by atoms with Gasteiger partial charge in [-0.2, -0.15) is 0 Å². The van der Waals surface area contributed by atoms with Crippen LogP contribution in [-0.2, 0) is 13.1 Å². The van der Waals surface area contributed by atoms with Gasteiger partial charge in [0.25, 0.3) is 0 Å². The van der Waals surface area contributed by atoms with Crippen molar-refractivity contribution in [2.24, 2.45) is 0 Å². The molecule has 1 N–H and O–H groups in total. The lowest BCUT2D eigenvalue weighted by Gasteiger charge is -2.14. The molecule has 0 saturated heterocycles. The van der Waals surface area contributed by atoms with Crippen molar-refractivity contribution in [2.45, 2.75) is 20.0 Å². The molecule has 0 fully saturated rings. The summed E-state index contributed by atoms with van der Waals surface area (Å²) in [6, 6.07) is 5.72. The summed E-state index contributed by atoms with van der Waals surface area (Å²) in [5, 5.41) is 10.9. The number of nitrogens with zero attached hydrogens (tertiary/aromatic N) is 1. The molecule has 0 aliphatic carbocycles. The van der Waals surface area contributed by atoms with Gasteiger partial charge >= 0.3 is 5.97 Å². The number of hydrogen-bond donors (Lipinski definition) is 1. The molecule has 18 heavy (non-hydrogen) atoms. The Labute approximate surface area is 109 Å². The minimum absolute atomic E-state index is 0.00650. The molecule has 96 valence electrons. The van der Waals surface area contributed by atoms with E-state index in [1.807, 2.05) is 13.1 Å². The van der Waals surface area contributed by atoms with Gasteiger partial charge in [-0.25, -0.2) is 4.79 Å². The fourth-order valence-electron chi connectivity index (χ4n) is 1.80. The van der Waals surface area contributed by atoms with E-state index >= 15 is 0 Å². The molecule has 0 atom stereocenters. The van der Waals surface area contributed by atoms with Crippen LogP contribution in [0.5, 0.6) is 0 Å². The van der Waals surface area contributed by atoms with Crippen LogP contribution in [-0.4, -0.2) is 23.0 Å². The molecule has 2 rings (SSSR count). The topological polar surface area (TPSA) is 53.7 Å². The second-order valence-electron chi connectivity index (χ2n) is 4.25. The fourth-order valence-corrected chi connectivity index (χ4v) is 2.58. The largest absolute Gasteiger partial charge is 0.475 e. The van der Waals surface area contributed by atoms with E-state index in [0.717, 1.165) is 12.1 Å². The van der Waals surface area contributed by atoms with Gasteiger partial charge < -0.3 is 9.52 Å². The maximum Gasteiger partial charge on any atom is 0.371 e. The predicted octanol–water partition coefficient (Wildman–Crippen LogP) is 2.98. The molecule has 5 heteroatoms. The van der Waals surface area contributed by atoms with Gasteiger partial charge in [-0.1, -0.05) is 6.07 Å². The second kappa shape index (κ2) is 5.37. The van der Waals surface area contributed by atoms with Crippen molar-refractivity contribution in [2.75, 3.05) is 7.05 Å². The van der Waals surface area contributed by atoms with Gasteiger partial charge in [0, 0.05) is 23.5 Å². The molecule has 2 heterocycles. The summed E-state index contributed by atoms with van der Waals surface area (Å²) in [6.07, 6.45) is 0. The van der Waals surface area contributed by atoms with Gasteiger partial charge in [-0.3, -0.25) is 4.90 Å². The lowest BCUT2D eigenvalue weighted by atomic mass is 10.2. The third-order valence-electron chi connectivity index (χ3n) is 2.68. The van der Waals surface area contributed by atoms with Gasteiger partial charge in [0.1, 0.15) is 5.76 Å². The Kier molecular flexibility index (Phi) is 3.84. The molecule has 0 bridgehead atoms. The van der Waals surface area contributed by atoms with E-state index in [9.17, 15) is 4.79 Å². The van der Waals surface area contributed by atoms with E-state index < -0.39 is 5.97 Å². The zero-order valence-corrected chi connectivity index (χ0v) is 11.2. The quantitative estimate of drug-likeness (QED) is 0.903. The van der Waals surface area contributed by atoms with Gasteiger partial charge in [0.05, 0.1) is 0 Å². The zero-order chi connectivity index (χ0) is 13.1. The maximum atomic E-state index is 10.8. The standard InChI is InChI=1S/C13H15NO3S/c1-9-10(6-12(17-9)13(15)16)7-14(2)8-11-4-3-5-18-11/h3-6H,7-8H2,1-2H3,(H,15,16). The van der Waals surface area contributed by atoms with Crippen molar-refractivity contribution >= 4 is 17.3 Å². The highest BCUT2D eigenvalue weighted by atomic mass is 32.1. The second-order valence-corrected chi connectivity index (χ2v) is 5.28. The predicted molar refractivity (Wildman–Crippen MR) is 69.9 cm³/mol. The van der Waals surface area contributed by atoms with Crippen LogP contribution < -0.4 is 0 Å². The van der Waals surface area contributed by atoms with Crippen molar-refractivity contribution in [1.82, 2.24) is 4.90 Å². The molecule has 2 aromatic rings. The van der Waals surface area contributed by atoms with Gasteiger partial charge in [-0.05, 0) is 31.5 Å². The van der Waals surface area contributed by atoms with E-state index in [4.69, 9.17) is 9.52 Å². The van der Waals surface area contributed by atoms with E-state index in [1.54, 1.807) is 24.3 Å². The number of carbonyl (C=O) groups is 1. The fraction of sp³-hybridized carbons (Fsp3) is 0.308. The van der Waals surface area contributed by atoms with Crippen LogP contribution in [0.4, 0.5) is 0 Å². The first-order chi connectivity index (χ1) is 8.56. The smallest absolute Gasteiger partial charge is 0.371 e. The maximum absolute atomic E-state index is 10.8. The average Bonchev–Trinajstić information content (AvgIpc) is 2.89.